The highest BCUT2D eigenvalue weighted by Gasteiger charge is 2.63. The number of ether oxygens (including phenoxy) is 3. The lowest BCUT2D eigenvalue weighted by Crippen LogP contribution is -2.57. The van der Waals surface area contributed by atoms with Gasteiger partial charge in [-0.2, -0.15) is 0 Å². The summed E-state index contributed by atoms with van der Waals surface area (Å²) in [6.07, 6.45) is 8.35. The molecule has 2 fully saturated rings. The van der Waals surface area contributed by atoms with E-state index < -0.39 is 52.7 Å². The van der Waals surface area contributed by atoms with Gasteiger partial charge in [0.05, 0.1) is 24.4 Å². The van der Waals surface area contributed by atoms with Crippen molar-refractivity contribution in [3.8, 4) is 5.75 Å². The molecule has 1 saturated heterocycles. The van der Waals surface area contributed by atoms with E-state index in [0.717, 1.165) is 24.8 Å². The fourth-order valence-electron chi connectivity index (χ4n) is 7.56. The summed E-state index contributed by atoms with van der Waals surface area (Å²) in [6.45, 7) is 9.05. The third kappa shape index (κ3) is 7.10. The van der Waals surface area contributed by atoms with Gasteiger partial charge in [-0.15, -0.1) is 0 Å². The Balaban J connectivity index is 1.36. The van der Waals surface area contributed by atoms with E-state index in [4.69, 9.17) is 14.2 Å². The van der Waals surface area contributed by atoms with Crippen LogP contribution in [0.5, 0.6) is 5.75 Å². The minimum absolute atomic E-state index is 0.0756. The molecule has 5 atom stereocenters. The predicted molar refractivity (Wildman–Crippen MR) is 179 cm³/mol. The van der Waals surface area contributed by atoms with E-state index in [0.29, 0.717) is 54.5 Å². The summed E-state index contributed by atoms with van der Waals surface area (Å²) in [7, 11) is 0. The van der Waals surface area contributed by atoms with Crippen LogP contribution in [0.4, 0.5) is 9.18 Å². The monoisotopic (exact) mass is 678 g/mol. The fraction of sp³-hybridized carbons (Fsp3) is 0.595. The van der Waals surface area contributed by atoms with Gasteiger partial charge < -0.3 is 29.7 Å². The van der Waals surface area contributed by atoms with E-state index in [9.17, 15) is 23.6 Å². The number of halogens is 1. The molecule has 49 heavy (non-hydrogen) atoms. The summed E-state index contributed by atoms with van der Waals surface area (Å²) >= 11 is 0. The summed E-state index contributed by atoms with van der Waals surface area (Å²) < 4.78 is 32.0. The van der Waals surface area contributed by atoms with E-state index >= 15 is 0 Å². The number of aromatic nitrogens is 1. The predicted octanol–water partition coefficient (Wildman–Crippen LogP) is 5.20. The fourth-order valence-corrected chi connectivity index (χ4v) is 7.56. The lowest BCUT2D eigenvalue weighted by Gasteiger charge is -2.36. The van der Waals surface area contributed by atoms with Crippen molar-refractivity contribution in [1.82, 2.24) is 20.5 Å². The second-order valence-corrected chi connectivity index (χ2v) is 14.9. The van der Waals surface area contributed by atoms with Crippen molar-refractivity contribution in [2.24, 2.45) is 5.92 Å². The van der Waals surface area contributed by atoms with Crippen LogP contribution in [0.1, 0.15) is 90.3 Å². The number of carbonyl (C=O) groups excluding carboxylic acids is 4. The molecule has 0 bridgehead atoms. The van der Waals surface area contributed by atoms with Crippen LogP contribution in [0.15, 0.2) is 30.4 Å². The number of benzene rings is 1. The van der Waals surface area contributed by atoms with Gasteiger partial charge in [0.2, 0.25) is 11.8 Å². The van der Waals surface area contributed by atoms with Crippen LogP contribution in [0.2, 0.25) is 0 Å². The number of alkyl carbamates (subject to hydrolysis) is 1. The molecule has 4 heterocycles. The van der Waals surface area contributed by atoms with E-state index in [1.165, 1.54) is 17.0 Å². The first-order valence-corrected chi connectivity index (χ1v) is 17.5. The third-order valence-corrected chi connectivity index (χ3v) is 10.0. The number of nitrogens with zero attached hydrogens (tertiary/aromatic N) is 2. The first-order chi connectivity index (χ1) is 23.2. The zero-order valence-corrected chi connectivity index (χ0v) is 29.0. The standard InChI is InChI=1S/C37H47FN4O7/c1-6-47-33(45)37-19-23(37)12-10-8-7-9-11-13-28(40-34(46)49-35(3,4)5)32(44)42-21-36(20-29(42)31(43)41-37)17-16-25-26-18-24(38)14-15-27(26)39-22(2)30(25)48-36/h10,12,14-15,18,23,28-29H,6-9,11,13,16-17,19-21H2,1-5H3,(H,40,46)(H,41,43). The highest BCUT2D eigenvalue weighted by Crippen LogP contribution is 2.48. The Morgan fingerprint density at radius 1 is 1.18 bits per heavy atom. The summed E-state index contributed by atoms with van der Waals surface area (Å²) in [6, 6.07) is 2.54. The SMILES string of the molecule is CCOC(=O)C12CC1C=CCCCCCC(NC(=O)OC(C)(C)C)C(=O)N1CC3(CCc4c(c(C)nc5ccc(F)cc45)O3)CC1C(=O)N2. The number of esters is 1. The third-order valence-electron chi connectivity index (χ3n) is 10.0. The van der Waals surface area contributed by atoms with Crippen LogP contribution in [0.3, 0.4) is 0 Å². The molecule has 0 radical (unpaired) electrons. The second kappa shape index (κ2) is 13.2. The van der Waals surface area contributed by atoms with Gasteiger partial charge in [0.1, 0.15) is 40.4 Å². The van der Waals surface area contributed by atoms with Crippen molar-refractivity contribution < 1.29 is 37.8 Å². The molecule has 12 heteroatoms. The van der Waals surface area contributed by atoms with Crippen molar-refractivity contribution >= 4 is 34.8 Å². The van der Waals surface area contributed by atoms with E-state index in [1.54, 1.807) is 33.8 Å². The zero-order chi connectivity index (χ0) is 35.1. The smallest absolute Gasteiger partial charge is 0.408 e. The van der Waals surface area contributed by atoms with Gasteiger partial charge in [-0.05, 0) is 91.3 Å². The molecule has 1 spiro atoms. The van der Waals surface area contributed by atoms with Gasteiger partial charge >= 0.3 is 12.1 Å². The van der Waals surface area contributed by atoms with Crippen LogP contribution >= 0.6 is 0 Å². The van der Waals surface area contributed by atoms with Crippen molar-refractivity contribution in [3.63, 3.8) is 0 Å². The molecule has 1 saturated carbocycles. The lowest BCUT2D eigenvalue weighted by molar-refractivity contribution is -0.150. The Bertz CT molecular complexity index is 1690. The molecule has 3 aliphatic heterocycles. The van der Waals surface area contributed by atoms with Crippen LogP contribution in [-0.4, -0.2) is 75.7 Å². The van der Waals surface area contributed by atoms with E-state index in [1.807, 2.05) is 19.1 Å². The Hall–Kier alpha value is -4.22. The minimum Gasteiger partial charge on any atom is -0.483 e. The molecule has 1 aromatic heterocycles. The number of rotatable bonds is 3. The summed E-state index contributed by atoms with van der Waals surface area (Å²) in [5, 5.41) is 6.46. The molecule has 2 N–H and O–H groups in total. The number of hydrogen-bond donors (Lipinski definition) is 2. The van der Waals surface area contributed by atoms with Gasteiger partial charge in [0, 0.05) is 23.3 Å². The Labute approximate surface area is 286 Å². The largest absolute Gasteiger partial charge is 0.483 e. The highest BCUT2D eigenvalue weighted by atomic mass is 19.1. The molecule has 1 aliphatic carbocycles. The Kier molecular flexibility index (Phi) is 9.36. The normalized spacial score (nSPS) is 28.7. The molecular weight excluding hydrogens is 631 g/mol. The van der Waals surface area contributed by atoms with Crippen LogP contribution in [0, 0.1) is 18.7 Å². The molecule has 6 rings (SSSR count). The quantitative estimate of drug-likeness (QED) is 0.334. The van der Waals surface area contributed by atoms with Gasteiger partial charge in [0.25, 0.3) is 0 Å². The van der Waals surface area contributed by atoms with Crippen LogP contribution in [-0.2, 0) is 30.3 Å². The van der Waals surface area contributed by atoms with E-state index in [2.05, 4.69) is 15.6 Å². The lowest BCUT2D eigenvalue weighted by atomic mass is 9.87. The maximum absolute atomic E-state index is 14.5. The first-order valence-electron chi connectivity index (χ1n) is 17.5. The van der Waals surface area contributed by atoms with Crippen molar-refractivity contribution in [1.29, 1.82) is 0 Å². The number of carbonyl (C=O) groups is 4. The van der Waals surface area contributed by atoms with Gasteiger partial charge in [-0.3, -0.25) is 9.59 Å². The molecule has 11 nitrogen and oxygen atoms in total. The van der Waals surface area contributed by atoms with Crippen molar-refractivity contribution in [2.75, 3.05) is 13.2 Å². The molecular formula is C37H47FN4O7. The number of nitrogens with one attached hydrogen (secondary N) is 2. The number of aryl methyl sites for hydroxylation is 2. The molecule has 1 aromatic carbocycles. The van der Waals surface area contributed by atoms with Crippen molar-refractivity contribution in [2.45, 2.75) is 121 Å². The van der Waals surface area contributed by atoms with Crippen molar-refractivity contribution in [3.05, 3.63) is 47.4 Å². The number of amides is 3. The van der Waals surface area contributed by atoms with Crippen LogP contribution in [0.25, 0.3) is 10.9 Å². The highest BCUT2D eigenvalue weighted by molar-refractivity contribution is 5.97. The minimum atomic E-state index is -1.22. The molecule has 2 aromatic rings. The van der Waals surface area contributed by atoms with Crippen LogP contribution < -0.4 is 15.4 Å². The molecule has 264 valence electrons. The number of fused-ring (bicyclic) bond motifs is 5. The average molecular weight is 679 g/mol. The Morgan fingerprint density at radius 3 is 2.73 bits per heavy atom. The molecule has 3 amide bonds. The topological polar surface area (TPSA) is 136 Å². The number of pyridine rings is 1. The van der Waals surface area contributed by atoms with Gasteiger partial charge in [-0.25, -0.2) is 19.0 Å². The zero-order valence-electron chi connectivity index (χ0n) is 29.0. The maximum Gasteiger partial charge on any atom is 0.408 e. The number of hydrogen-bond acceptors (Lipinski definition) is 8. The maximum atomic E-state index is 14.5. The summed E-state index contributed by atoms with van der Waals surface area (Å²) in [5.74, 6) is -1.47. The number of allylic oxidation sites excluding steroid dienone is 1. The first kappa shape index (κ1) is 34.6. The molecule has 4 aliphatic rings. The molecule has 5 unspecified atom stereocenters. The summed E-state index contributed by atoms with van der Waals surface area (Å²) in [4.78, 5) is 61.3. The van der Waals surface area contributed by atoms with E-state index in [-0.39, 0.29) is 31.3 Å². The summed E-state index contributed by atoms with van der Waals surface area (Å²) in [5.41, 5.74) is -0.812. The average Bonchev–Trinajstić information content (AvgIpc) is 3.61. The van der Waals surface area contributed by atoms with Gasteiger partial charge in [-0.1, -0.05) is 25.0 Å². The Morgan fingerprint density at radius 2 is 1.98 bits per heavy atom. The second-order valence-electron chi connectivity index (χ2n) is 14.9. The van der Waals surface area contributed by atoms with Gasteiger partial charge in [0.15, 0.2) is 0 Å².